The van der Waals surface area contributed by atoms with E-state index in [1.165, 1.54) is 16.7 Å². The molecule has 0 aliphatic carbocycles. The van der Waals surface area contributed by atoms with E-state index in [2.05, 4.69) is 5.32 Å². The number of carbonyl (C=O) groups excluding carboxylic acids is 1. The second-order valence-corrected chi connectivity index (χ2v) is 6.14. The Balaban J connectivity index is 1.73. The van der Waals surface area contributed by atoms with Gasteiger partial charge in [-0.15, -0.1) is 0 Å². The van der Waals surface area contributed by atoms with E-state index in [0.29, 0.717) is 24.4 Å². The first kappa shape index (κ1) is 19.2. The highest BCUT2D eigenvalue weighted by Gasteiger charge is 2.09. The summed E-state index contributed by atoms with van der Waals surface area (Å²) in [5, 5.41) is 2.83. The normalized spacial score (nSPS) is 10.4. The quantitative estimate of drug-likeness (QED) is 0.683. The maximum atomic E-state index is 12.5. The molecule has 1 heterocycles. The molecule has 6 nitrogen and oxygen atoms in total. The molecule has 2 aromatic carbocycles. The van der Waals surface area contributed by atoms with Crippen LogP contribution < -0.4 is 20.3 Å². The summed E-state index contributed by atoms with van der Waals surface area (Å²) >= 11 is 0. The first-order valence-electron chi connectivity index (χ1n) is 8.96. The van der Waals surface area contributed by atoms with Gasteiger partial charge in [0.1, 0.15) is 11.5 Å². The third kappa shape index (κ3) is 4.79. The number of pyridine rings is 1. The first-order chi connectivity index (χ1) is 13.6. The lowest BCUT2D eigenvalue weighted by atomic mass is 10.2. The first-order valence-corrected chi connectivity index (χ1v) is 8.96. The van der Waals surface area contributed by atoms with Crippen molar-refractivity contribution in [2.24, 2.45) is 0 Å². The molecule has 0 atom stereocenters. The van der Waals surface area contributed by atoms with Crippen molar-refractivity contribution < 1.29 is 14.3 Å². The van der Waals surface area contributed by atoms with Crippen LogP contribution in [0.3, 0.4) is 0 Å². The molecule has 144 valence electrons. The Morgan fingerprint density at radius 3 is 2.29 bits per heavy atom. The second kappa shape index (κ2) is 8.90. The number of aromatic nitrogens is 1. The fourth-order valence-corrected chi connectivity index (χ4v) is 2.72. The fraction of sp³-hybridized carbons (Fsp3) is 0.182. The number of hydrogen-bond donors (Lipinski definition) is 1. The predicted molar refractivity (Wildman–Crippen MR) is 108 cm³/mol. The fourth-order valence-electron chi connectivity index (χ4n) is 2.72. The zero-order valence-electron chi connectivity index (χ0n) is 15.8. The van der Waals surface area contributed by atoms with Crippen molar-refractivity contribution >= 4 is 11.6 Å². The Bertz CT molecular complexity index is 992. The molecule has 0 spiro atoms. The van der Waals surface area contributed by atoms with E-state index >= 15 is 0 Å². The van der Waals surface area contributed by atoms with E-state index in [-0.39, 0.29) is 11.5 Å². The minimum atomic E-state index is -0.285. The summed E-state index contributed by atoms with van der Waals surface area (Å²) in [5.41, 5.74) is 1.82. The van der Waals surface area contributed by atoms with Crippen LogP contribution in [0.15, 0.2) is 71.7 Å². The number of hydrogen-bond acceptors (Lipinski definition) is 4. The summed E-state index contributed by atoms with van der Waals surface area (Å²) in [6, 6.07) is 17.5. The number of benzene rings is 2. The third-order valence-electron chi connectivity index (χ3n) is 4.18. The van der Waals surface area contributed by atoms with Gasteiger partial charge in [-0.05, 0) is 55.0 Å². The molecule has 1 aromatic heterocycles. The van der Waals surface area contributed by atoms with Crippen molar-refractivity contribution in [3.05, 3.63) is 88.3 Å². The van der Waals surface area contributed by atoms with Gasteiger partial charge in [0, 0.05) is 18.0 Å². The van der Waals surface area contributed by atoms with Crippen molar-refractivity contribution in [2.45, 2.75) is 13.5 Å². The van der Waals surface area contributed by atoms with E-state index < -0.39 is 0 Å². The monoisotopic (exact) mass is 378 g/mol. The van der Waals surface area contributed by atoms with Gasteiger partial charge in [-0.25, -0.2) is 0 Å². The van der Waals surface area contributed by atoms with Gasteiger partial charge in [-0.2, -0.15) is 0 Å². The molecule has 0 saturated carbocycles. The molecule has 3 rings (SSSR count). The van der Waals surface area contributed by atoms with E-state index in [0.717, 1.165) is 17.1 Å². The number of carbonyl (C=O) groups is 1. The maximum Gasteiger partial charge on any atom is 0.257 e. The molecule has 0 aliphatic heterocycles. The van der Waals surface area contributed by atoms with Gasteiger partial charge < -0.3 is 19.4 Å². The van der Waals surface area contributed by atoms with Crippen LogP contribution >= 0.6 is 0 Å². The Hall–Kier alpha value is -3.54. The Morgan fingerprint density at radius 1 is 0.964 bits per heavy atom. The molecule has 0 fully saturated rings. The average Bonchev–Trinajstić information content (AvgIpc) is 2.72. The molecule has 0 radical (unpaired) electrons. The van der Waals surface area contributed by atoms with Crippen LogP contribution in [-0.4, -0.2) is 24.2 Å². The van der Waals surface area contributed by atoms with Crippen LogP contribution in [-0.2, 0) is 6.54 Å². The van der Waals surface area contributed by atoms with E-state index in [1.807, 2.05) is 31.2 Å². The molecule has 28 heavy (non-hydrogen) atoms. The van der Waals surface area contributed by atoms with Gasteiger partial charge in [0.15, 0.2) is 0 Å². The maximum absolute atomic E-state index is 12.5. The van der Waals surface area contributed by atoms with Crippen LogP contribution in [0.4, 0.5) is 5.69 Å². The van der Waals surface area contributed by atoms with Crippen LogP contribution in [0.5, 0.6) is 11.5 Å². The molecular formula is C22H22N2O4. The van der Waals surface area contributed by atoms with Crippen LogP contribution in [0.1, 0.15) is 22.8 Å². The van der Waals surface area contributed by atoms with Crippen molar-refractivity contribution in [1.82, 2.24) is 4.57 Å². The Labute approximate surface area is 163 Å². The van der Waals surface area contributed by atoms with Crippen molar-refractivity contribution in [3.63, 3.8) is 0 Å². The van der Waals surface area contributed by atoms with Gasteiger partial charge >= 0.3 is 0 Å². The molecule has 0 saturated heterocycles. The van der Waals surface area contributed by atoms with Gasteiger partial charge in [0.2, 0.25) is 0 Å². The number of nitrogens with one attached hydrogen (secondary N) is 1. The minimum absolute atomic E-state index is 0.173. The summed E-state index contributed by atoms with van der Waals surface area (Å²) in [6.45, 7) is 2.87. The summed E-state index contributed by atoms with van der Waals surface area (Å²) in [5.74, 6) is 1.21. The standard InChI is InChI=1S/C22H22N2O4/c1-3-28-20-11-7-18(8-12-20)23-22(26)17-6-13-21(25)24(15-17)14-16-4-9-19(27-2)10-5-16/h4-13,15H,3,14H2,1-2H3,(H,23,26). The highest BCUT2D eigenvalue weighted by atomic mass is 16.5. The third-order valence-corrected chi connectivity index (χ3v) is 4.18. The van der Waals surface area contributed by atoms with E-state index in [4.69, 9.17) is 9.47 Å². The zero-order chi connectivity index (χ0) is 19.9. The zero-order valence-corrected chi connectivity index (χ0v) is 15.8. The van der Waals surface area contributed by atoms with Gasteiger partial charge in [-0.3, -0.25) is 9.59 Å². The number of nitrogens with zero attached hydrogens (tertiary/aromatic N) is 1. The van der Waals surface area contributed by atoms with Crippen LogP contribution in [0, 0.1) is 0 Å². The Morgan fingerprint density at radius 2 is 1.64 bits per heavy atom. The Kier molecular flexibility index (Phi) is 6.11. The smallest absolute Gasteiger partial charge is 0.257 e. The molecule has 6 heteroatoms. The number of anilines is 1. The highest BCUT2D eigenvalue weighted by molar-refractivity contribution is 6.04. The average molecular weight is 378 g/mol. The van der Waals surface area contributed by atoms with Gasteiger partial charge in [-0.1, -0.05) is 12.1 Å². The summed E-state index contributed by atoms with van der Waals surface area (Å²) in [7, 11) is 1.60. The van der Waals surface area contributed by atoms with Crippen molar-refractivity contribution in [1.29, 1.82) is 0 Å². The molecule has 0 bridgehead atoms. The summed E-state index contributed by atoms with van der Waals surface area (Å²) < 4.78 is 12.0. The number of methoxy groups -OCH3 is 1. The molecule has 1 amide bonds. The topological polar surface area (TPSA) is 69.6 Å². The number of rotatable bonds is 7. The molecule has 3 aromatic rings. The largest absolute Gasteiger partial charge is 0.497 e. The SMILES string of the molecule is CCOc1ccc(NC(=O)c2ccc(=O)n(Cc3ccc(OC)cc3)c2)cc1. The second-order valence-electron chi connectivity index (χ2n) is 6.14. The summed E-state index contributed by atoms with van der Waals surface area (Å²) in [6.07, 6.45) is 1.57. The molecule has 1 N–H and O–H groups in total. The molecule has 0 aliphatic rings. The lowest BCUT2D eigenvalue weighted by molar-refractivity contribution is 0.102. The van der Waals surface area contributed by atoms with Crippen LogP contribution in [0.25, 0.3) is 0 Å². The van der Waals surface area contributed by atoms with Gasteiger partial charge in [0.25, 0.3) is 11.5 Å². The molecule has 0 unspecified atom stereocenters. The summed E-state index contributed by atoms with van der Waals surface area (Å²) in [4.78, 5) is 24.7. The molecular weight excluding hydrogens is 356 g/mol. The van der Waals surface area contributed by atoms with Crippen LogP contribution in [0.2, 0.25) is 0 Å². The highest BCUT2D eigenvalue weighted by Crippen LogP contribution is 2.16. The minimum Gasteiger partial charge on any atom is -0.497 e. The lowest BCUT2D eigenvalue weighted by Crippen LogP contribution is -2.22. The lowest BCUT2D eigenvalue weighted by Gasteiger charge is -2.10. The van der Waals surface area contributed by atoms with Gasteiger partial charge in [0.05, 0.1) is 25.8 Å². The van der Waals surface area contributed by atoms with Crippen molar-refractivity contribution in [2.75, 3.05) is 19.0 Å². The van der Waals surface area contributed by atoms with Crippen molar-refractivity contribution in [3.8, 4) is 11.5 Å². The number of ether oxygens (including phenoxy) is 2. The predicted octanol–water partition coefficient (Wildman–Crippen LogP) is 3.56. The van der Waals surface area contributed by atoms with E-state index in [1.54, 1.807) is 37.6 Å². The van der Waals surface area contributed by atoms with E-state index in [9.17, 15) is 9.59 Å². The number of amides is 1.